The van der Waals surface area contributed by atoms with E-state index in [1.165, 1.54) is 0 Å². The van der Waals surface area contributed by atoms with Gasteiger partial charge in [-0.15, -0.1) is 0 Å². The fourth-order valence-corrected chi connectivity index (χ4v) is 3.45. The molecule has 1 aromatic carbocycles. The molecule has 0 bridgehead atoms. The lowest BCUT2D eigenvalue weighted by atomic mass is 9.96. The van der Waals surface area contributed by atoms with Gasteiger partial charge in [0.2, 0.25) is 0 Å². The molecule has 0 unspecified atom stereocenters. The first-order valence-electron chi connectivity index (χ1n) is 9.76. The van der Waals surface area contributed by atoms with Crippen LogP contribution in [0, 0.1) is 5.92 Å². The lowest BCUT2D eigenvalue weighted by molar-refractivity contribution is 0.0174. The Kier molecular flexibility index (Phi) is 8.02. The van der Waals surface area contributed by atoms with E-state index in [9.17, 15) is 9.59 Å². The molecular formula is C21H31ClN2O5. The normalized spacial score (nSPS) is 15.0. The largest absolute Gasteiger partial charge is 0.497 e. The number of amides is 2. The van der Waals surface area contributed by atoms with Crippen LogP contribution in [0.15, 0.2) is 18.2 Å². The first-order chi connectivity index (χ1) is 13.6. The minimum Gasteiger partial charge on any atom is -0.497 e. The number of benzene rings is 1. The van der Waals surface area contributed by atoms with Crippen molar-refractivity contribution in [3.05, 3.63) is 23.8 Å². The molecule has 1 fully saturated rings. The van der Waals surface area contributed by atoms with E-state index in [0.717, 1.165) is 18.4 Å². The Balaban J connectivity index is 1.95. The van der Waals surface area contributed by atoms with E-state index in [-0.39, 0.29) is 12.0 Å². The van der Waals surface area contributed by atoms with E-state index in [2.05, 4.69) is 0 Å². The Hall–Kier alpha value is -2.15. The van der Waals surface area contributed by atoms with Crippen LogP contribution in [0.5, 0.6) is 11.5 Å². The third-order valence-electron chi connectivity index (χ3n) is 4.85. The second kappa shape index (κ2) is 10.1. The average molecular weight is 427 g/mol. The highest BCUT2D eigenvalue weighted by Gasteiger charge is 2.28. The molecule has 0 saturated carbocycles. The van der Waals surface area contributed by atoms with E-state index in [0.29, 0.717) is 37.7 Å². The first-order valence-corrected chi connectivity index (χ1v) is 10.1. The molecule has 29 heavy (non-hydrogen) atoms. The number of piperidine rings is 1. The van der Waals surface area contributed by atoms with E-state index < -0.39 is 11.0 Å². The molecule has 1 saturated heterocycles. The summed E-state index contributed by atoms with van der Waals surface area (Å²) in [4.78, 5) is 27.6. The van der Waals surface area contributed by atoms with Crippen molar-refractivity contribution in [2.75, 3.05) is 33.9 Å². The maximum atomic E-state index is 12.2. The Labute approximate surface area is 177 Å². The van der Waals surface area contributed by atoms with Crippen LogP contribution in [0.4, 0.5) is 9.59 Å². The average Bonchev–Trinajstić information content (AvgIpc) is 2.66. The van der Waals surface area contributed by atoms with Crippen molar-refractivity contribution in [3.63, 3.8) is 0 Å². The van der Waals surface area contributed by atoms with Crippen LogP contribution in [-0.2, 0) is 11.3 Å². The third kappa shape index (κ3) is 6.99. The second-order valence-electron chi connectivity index (χ2n) is 8.22. The fourth-order valence-electron chi connectivity index (χ4n) is 3.32. The van der Waals surface area contributed by atoms with E-state index in [4.69, 9.17) is 25.8 Å². The molecule has 1 aromatic rings. The first kappa shape index (κ1) is 23.1. The Bertz CT molecular complexity index is 712. The summed E-state index contributed by atoms with van der Waals surface area (Å²) >= 11 is 5.86. The maximum Gasteiger partial charge on any atom is 0.410 e. The van der Waals surface area contributed by atoms with Gasteiger partial charge in [0.1, 0.15) is 17.1 Å². The number of carbonyl (C=O) groups is 2. The summed E-state index contributed by atoms with van der Waals surface area (Å²) in [6.07, 6.45) is 1.29. The molecule has 1 aliphatic rings. The van der Waals surface area contributed by atoms with Crippen LogP contribution >= 0.6 is 11.6 Å². The molecule has 8 heteroatoms. The van der Waals surface area contributed by atoms with Gasteiger partial charge in [-0.3, -0.25) is 4.79 Å². The lowest BCUT2D eigenvalue weighted by Gasteiger charge is -2.35. The molecule has 7 nitrogen and oxygen atoms in total. The summed E-state index contributed by atoms with van der Waals surface area (Å²) < 4.78 is 16.1. The van der Waals surface area contributed by atoms with Crippen LogP contribution < -0.4 is 9.47 Å². The standard InChI is InChI=1S/C21H31ClN2O5/c1-21(2,3)29-20(26)23-10-8-15(9-11-23)13-24(19(22)25)14-16-6-7-17(27-4)12-18(16)28-5/h6-7,12,15H,8-11,13-14H2,1-5H3. The Morgan fingerprint density at radius 2 is 1.83 bits per heavy atom. The topological polar surface area (TPSA) is 68.3 Å². The van der Waals surface area contributed by atoms with Gasteiger partial charge in [-0.2, -0.15) is 0 Å². The van der Waals surface area contributed by atoms with Gasteiger partial charge in [0.15, 0.2) is 0 Å². The molecule has 0 aliphatic carbocycles. The van der Waals surface area contributed by atoms with Gasteiger partial charge >= 0.3 is 11.5 Å². The molecule has 0 radical (unpaired) electrons. The second-order valence-corrected chi connectivity index (χ2v) is 8.55. The minimum absolute atomic E-state index is 0.264. The molecular weight excluding hydrogens is 396 g/mol. The summed E-state index contributed by atoms with van der Waals surface area (Å²) in [5, 5.41) is -0.502. The zero-order valence-corrected chi connectivity index (χ0v) is 18.6. The number of carbonyl (C=O) groups excluding carboxylic acids is 2. The predicted molar refractivity (Wildman–Crippen MR) is 112 cm³/mol. The summed E-state index contributed by atoms with van der Waals surface area (Å²) in [5.41, 5.74) is 0.348. The maximum absolute atomic E-state index is 12.2. The molecule has 162 valence electrons. The quantitative estimate of drug-likeness (QED) is 0.494. The van der Waals surface area contributed by atoms with Gasteiger partial charge < -0.3 is 24.0 Å². The number of nitrogens with zero attached hydrogens (tertiary/aromatic N) is 2. The van der Waals surface area contributed by atoms with E-state index in [1.807, 2.05) is 32.9 Å². The van der Waals surface area contributed by atoms with Gasteiger partial charge in [-0.25, -0.2) is 4.79 Å². The number of halogens is 1. The van der Waals surface area contributed by atoms with Crippen molar-refractivity contribution in [3.8, 4) is 11.5 Å². The van der Waals surface area contributed by atoms with Crippen LogP contribution in [0.1, 0.15) is 39.2 Å². The van der Waals surface area contributed by atoms with E-state index >= 15 is 0 Å². The van der Waals surface area contributed by atoms with E-state index in [1.54, 1.807) is 30.1 Å². The van der Waals surface area contributed by atoms with Crippen molar-refractivity contribution < 1.29 is 23.8 Å². The van der Waals surface area contributed by atoms with Crippen LogP contribution in [0.3, 0.4) is 0 Å². The monoisotopic (exact) mass is 426 g/mol. The van der Waals surface area contributed by atoms with Crippen molar-refractivity contribution in [2.45, 2.75) is 45.8 Å². The summed E-state index contributed by atoms with van der Waals surface area (Å²) in [5.74, 6) is 1.59. The molecule has 0 spiro atoms. The van der Waals surface area contributed by atoms with Gasteiger partial charge in [0.05, 0.1) is 20.8 Å². The highest BCUT2D eigenvalue weighted by molar-refractivity contribution is 6.62. The number of hydrogen-bond acceptors (Lipinski definition) is 5. The van der Waals surface area contributed by atoms with Gasteiger partial charge in [-0.05, 0) is 63.3 Å². The summed E-state index contributed by atoms with van der Waals surface area (Å²) in [7, 11) is 3.17. The Morgan fingerprint density at radius 1 is 1.17 bits per heavy atom. The zero-order valence-electron chi connectivity index (χ0n) is 17.9. The predicted octanol–water partition coefficient (Wildman–Crippen LogP) is 4.51. The highest BCUT2D eigenvalue weighted by atomic mass is 35.5. The minimum atomic E-state index is -0.507. The molecule has 1 aliphatic heterocycles. The van der Waals surface area contributed by atoms with Crippen molar-refractivity contribution >= 4 is 23.1 Å². The van der Waals surface area contributed by atoms with Crippen molar-refractivity contribution in [2.24, 2.45) is 5.92 Å². The molecule has 2 amide bonds. The smallest absolute Gasteiger partial charge is 0.410 e. The van der Waals surface area contributed by atoms with Gasteiger partial charge in [-0.1, -0.05) is 0 Å². The lowest BCUT2D eigenvalue weighted by Crippen LogP contribution is -2.44. The highest BCUT2D eigenvalue weighted by Crippen LogP contribution is 2.27. The van der Waals surface area contributed by atoms with Crippen LogP contribution in [-0.4, -0.2) is 60.7 Å². The Morgan fingerprint density at radius 3 is 2.34 bits per heavy atom. The molecule has 0 atom stereocenters. The summed E-state index contributed by atoms with van der Waals surface area (Å²) in [6.45, 7) is 7.66. The number of likely N-dealkylation sites (tertiary alicyclic amines) is 1. The van der Waals surface area contributed by atoms with Crippen LogP contribution in [0.2, 0.25) is 0 Å². The number of rotatable bonds is 6. The van der Waals surface area contributed by atoms with Crippen LogP contribution in [0.25, 0.3) is 0 Å². The van der Waals surface area contributed by atoms with Crippen molar-refractivity contribution in [1.82, 2.24) is 9.80 Å². The number of ether oxygens (including phenoxy) is 3. The van der Waals surface area contributed by atoms with Gasteiger partial charge in [0.25, 0.3) is 0 Å². The summed E-state index contributed by atoms with van der Waals surface area (Å²) in [6, 6.07) is 5.48. The molecule has 0 N–H and O–H groups in total. The molecule has 2 rings (SSSR count). The molecule has 1 heterocycles. The fraction of sp³-hybridized carbons (Fsp3) is 0.619. The third-order valence-corrected chi connectivity index (χ3v) is 5.09. The number of methoxy groups -OCH3 is 2. The van der Waals surface area contributed by atoms with Crippen molar-refractivity contribution in [1.29, 1.82) is 0 Å². The molecule has 0 aromatic heterocycles. The van der Waals surface area contributed by atoms with Gasteiger partial charge in [0, 0.05) is 31.3 Å². The zero-order chi connectivity index (χ0) is 21.6. The SMILES string of the molecule is COc1ccc(CN(CC2CCN(C(=O)OC(C)(C)C)CC2)C(=O)Cl)c(OC)c1. The number of hydrogen-bond donors (Lipinski definition) is 0.